The van der Waals surface area contributed by atoms with Crippen molar-refractivity contribution < 1.29 is 19.3 Å². The van der Waals surface area contributed by atoms with Crippen LogP contribution in [-0.4, -0.2) is 50.7 Å². The molecule has 0 spiro atoms. The monoisotopic (exact) mass is 279 g/mol. The van der Waals surface area contributed by atoms with Gasteiger partial charge in [-0.1, -0.05) is 36.7 Å². The van der Waals surface area contributed by atoms with Gasteiger partial charge in [-0.3, -0.25) is 0 Å². The Bertz CT molecular complexity index is 389. The van der Waals surface area contributed by atoms with Gasteiger partial charge in [-0.05, 0) is 5.56 Å². The summed E-state index contributed by atoms with van der Waals surface area (Å²) < 4.78 is 16.7. The van der Waals surface area contributed by atoms with Gasteiger partial charge in [0, 0.05) is 7.11 Å². The zero-order valence-corrected chi connectivity index (χ0v) is 11.9. The van der Waals surface area contributed by atoms with Crippen LogP contribution in [0.2, 0.25) is 6.32 Å². The minimum Gasteiger partial charge on any atom is -0.388 e. The first-order chi connectivity index (χ1) is 9.67. The quantitative estimate of drug-likeness (QED) is 0.723. The second kappa shape index (κ2) is 7.20. The molecule has 1 aliphatic rings. The van der Waals surface area contributed by atoms with Crippen molar-refractivity contribution >= 4 is 7.85 Å². The first-order valence-corrected chi connectivity index (χ1v) is 6.94. The van der Waals surface area contributed by atoms with E-state index in [-0.39, 0.29) is 6.10 Å². The molecule has 3 N–H and O–H groups in total. The van der Waals surface area contributed by atoms with Crippen molar-refractivity contribution in [3.05, 3.63) is 35.9 Å². The maximum atomic E-state index is 10.3. The highest BCUT2D eigenvalue weighted by atomic mass is 16.7. The van der Waals surface area contributed by atoms with Gasteiger partial charge in [0.25, 0.3) is 0 Å². The van der Waals surface area contributed by atoms with Gasteiger partial charge < -0.3 is 25.1 Å². The molecule has 5 unspecified atom stereocenters. The molecule has 1 fully saturated rings. The predicted octanol–water partition coefficient (Wildman–Crippen LogP) is -0.317. The molecule has 0 aromatic heterocycles. The lowest BCUT2D eigenvalue weighted by Gasteiger charge is -2.42. The lowest BCUT2D eigenvalue weighted by Crippen LogP contribution is -2.62. The molecule has 1 aliphatic heterocycles. The molecule has 0 radical (unpaired) electrons. The number of benzene rings is 1. The topological polar surface area (TPSA) is 73.9 Å². The molecule has 0 saturated carbocycles. The molecule has 1 heterocycles. The Balaban J connectivity index is 2.02. The van der Waals surface area contributed by atoms with E-state index >= 15 is 0 Å². The molecule has 1 aromatic rings. The van der Waals surface area contributed by atoms with Gasteiger partial charge in [-0.25, -0.2) is 0 Å². The second-order valence-corrected chi connectivity index (χ2v) is 5.02. The largest absolute Gasteiger partial charge is 0.388 e. The van der Waals surface area contributed by atoms with Gasteiger partial charge >= 0.3 is 0 Å². The summed E-state index contributed by atoms with van der Waals surface area (Å²) in [6, 6.07) is 9.29. The van der Waals surface area contributed by atoms with Gasteiger partial charge in [0.15, 0.2) is 6.29 Å². The minimum atomic E-state index is -0.745. The highest BCUT2D eigenvalue weighted by Crippen LogP contribution is 2.25. The van der Waals surface area contributed by atoms with Crippen LogP contribution in [0, 0.1) is 0 Å². The van der Waals surface area contributed by atoms with Crippen LogP contribution in [0.4, 0.5) is 0 Å². The molecule has 2 rings (SSSR count). The van der Waals surface area contributed by atoms with E-state index in [0.717, 1.165) is 5.56 Å². The lowest BCUT2D eigenvalue weighted by atomic mass is 9.88. The van der Waals surface area contributed by atoms with Crippen molar-refractivity contribution in [3.63, 3.8) is 0 Å². The van der Waals surface area contributed by atoms with E-state index in [1.165, 1.54) is 0 Å². The highest BCUT2D eigenvalue weighted by molar-refractivity contribution is 6.08. The van der Waals surface area contributed by atoms with Crippen LogP contribution in [0.15, 0.2) is 30.3 Å². The molecule has 5 nitrogen and oxygen atoms in total. The number of methoxy groups -OCH3 is 1. The highest BCUT2D eigenvalue weighted by Gasteiger charge is 2.43. The normalized spacial score (nSPS) is 34.0. The van der Waals surface area contributed by atoms with Crippen molar-refractivity contribution in [2.24, 2.45) is 5.73 Å². The van der Waals surface area contributed by atoms with E-state index in [2.05, 4.69) is 0 Å². The van der Waals surface area contributed by atoms with Crippen LogP contribution >= 0.6 is 0 Å². The summed E-state index contributed by atoms with van der Waals surface area (Å²) in [6.45, 7) is 0.406. The van der Waals surface area contributed by atoms with Gasteiger partial charge in [-0.15, -0.1) is 0 Å². The second-order valence-electron chi connectivity index (χ2n) is 5.02. The van der Waals surface area contributed by atoms with E-state index in [4.69, 9.17) is 19.9 Å². The zero-order valence-electron chi connectivity index (χ0n) is 11.9. The molecule has 5 atom stereocenters. The predicted molar refractivity (Wildman–Crippen MR) is 78.0 cm³/mol. The maximum Gasteiger partial charge on any atom is 0.175 e. The van der Waals surface area contributed by atoms with E-state index < -0.39 is 24.5 Å². The summed E-state index contributed by atoms with van der Waals surface area (Å²) in [5, 5.41) is 10.3. The molecule has 20 heavy (non-hydrogen) atoms. The Morgan fingerprint density at radius 3 is 2.65 bits per heavy atom. The summed E-state index contributed by atoms with van der Waals surface area (Å²) in [4.78, 5) is 0. The Kier molecular flexibility index (Phi) is 5.57. The molecule has 0 aliphatic carbocycles. The molecule has 6 heteroatoms. The van der Waals surface area contributed by atoms with Crippen LogP contribution in [-0.2, 0) is 20.8 Å². The van der Waals surface area contributed by atoms with E-state index in [1.54, 1.807) is 7.11 Å². The van der Waals surface area contributed by atoms with Crippen molar-refractivity contribution in [3.8, 4) is 0 Å². The zero-order chi connectivity index (χ0) is 14.5. The van der Waals surface area contributed by atoms with Crippen molar-refractivity contribution in [2.45, 2.75) is 43.6 Å². The molecular formula is C14H22BNO4. The van der Waals surface area contributed by atoms with E-state index in [0.29, 0.717) is 12.9 Å². The molecule has 0 bridgehead atoms. The fourth-order valence-corrected chi connectivity index (χ4v) is 2.46. The summed E-state index contributed by atoms with van der Waals surface area (Å²) in [7, 11) is 3.49. The first kappa shape index (κ1) is 15.5. The fraction of sp³-hybridized carbons (Fsp3) is 0.571. The SMILES string of the molecule is BCC1OC(OC)C(N)C(OCc2ccccc2)C1O. The number of hydrogen-bond donors (Lipinski definition) is 2. The van der Waals surface area contributed by atoms with Gasteiger partial charge in [-0.2, -0.15) is 0 Å². The summed E-state index contributed by atoms with van der Waals surface area (Å²) >= 11 is 0. The minimum absolute atomic E-state index is 0.319. The van der Waals surface area contributed by atoms with Gasteiger partial charge in [0.2, 0.25) is 0 Å². The Labute approximate surface area is 120 Å². The summed E-state index contributed by atoms with van der Waals surface area (Å²) in [6.07, 6.45) is -1.44. The number of ether oxygens (including phenoxy) is 3. The van der Waals surface area contributed by atoms with Gasteiger partial charge in [0.05, 0.1) is 18.8 Å². The van der Waals surface area contributed by atoms with E-state index in [1.807, 2.05) is 38.2 Å². The molecule has 110 valence electrons. The van der Waals surface area contributed by atoms with Crippen LogP contribution in [0.5, 0.6) is 0 Å². The molecule has 1 saturated heterocycles. The van der Waals surface area contributed by atoms with Crippen molar-refractivity contribution in [1.29, 1.82) is 0 Å². The van der Waals surface area contributed by atoms with E-state index in [9.17, 15) is 5.11 Å². The third-order valence-corrected chi connectivity index (χ3v) is 3.64. The summed E-state index contributed by atoms with van der Waals surface area (Å²) in [5.74, 6) is 0. The van der Waals surface area contributed by atoms with Crippen LogP contribution in [0.3, 0.4) is 0 Å². The third kappa shape index (κ3) is 3.39. The van der Waals surface area contributed by atoms with Crippen molar-refractivity contribution in [2.75, 3.05) is 7.11 Å². The number of hydrogen-bond acceptors (Lipinski definition) is 5. The van der Waals surface area contributed by atoms with Crippen molar-refractivity contribution in [1.82, 2.24) is 0 Å². The Hall–Kier alpha value is -0.915. The maximum absolute atomic E-state index is 10.3. The summed E-state index contributed by atoms with van der Waals surface area (Å²) in [5.41, 5.74) is 7.11. The molecule has 1 aromatic carbocycles. The van der Waals surface area contributed by atoms with Crippen LogP contribution < -0.4 is 5.73 Å². The smallest absolute Gasteiger partial charge is 0.175 e. The first-order valence-electron chi connectivity index (χ1n) is 6.94. The fourth-order valence-electron chi connectivity index (χ4n) is 2.46. The number of rotatable bonds is 5. The number of aliphatic hydroxyl groups is 1. The molecular weight excluding hydrogens is 257 g/mol. The number of aliphatic hydroxyl groups excluding tert-OH is 1. The average molecular weight is 279 g/mol. The Morgan fingerprint density at radius 2 is 2.05 bits per heavy atom. The average Bonchev–Trinajstić information content (AvgIpc) is 2.48. The van der Waals surface area contributed by atoms with Crippen LogP contribution in [0.25, 0.3) is 0 Å². The van der Waals surface area contributed by atoms with Gasteiger partial charge in [0.1, 0.15) is 20.1 Å². The number of nitrogens with two attached hydrogens (primary N) is 1. The Morgan fingerprint density at radius 1 is 1.35 bits per heavy atom. The standard InChI is InChI=1S/C14H22BNO4/c1-18-14-11(16)13(12(17)10(7-15)20-14)19-8-9-5-3-2-4-6-9/h2-6,10-14,17H,7-8,15-16H2,1H3. The van der Waals surface area contributed by atoms with Crippen LogP contribution in [0.1, 0.15) is 5.56 Å². The molecule has 0 amide bonds. The third-order valence-electron chi connectivity index (χ3n) is 3.64. The lowest BCUT2D eigenvalue weighted by molar-refractivity contribution is -0.256.